The number of amides is 1. The summed E-state index contributed by atoms with van der Waals surface area (Å²) in [6, 6.07) is 15.3. The second kappa shape index (κ2) is 7.77. The third-order valence-electron chi connectivity index (χ3n) is 2.91. The van der Waals surface area contributed by atoms with Crippen LogP contribution in [0.2, 0.25) is 0 Å². The molecule has 1 N–H and O–H groups in total. The fourth-order valence-corrected chi connectivity index (χ4v) is 2.06. The molecule has 122 valence electrons. The zero-order chi connectivity index (χ0) is 16.9. The van der Waals surface area contributed by atoms with Gasteiger partial charge in [-0.15, -0.1) is 0 Å². The standard InChI is InChI=1S/C16H14Cl3NO3/c1-22-12-9-7-11(8-10-12)14(21)20-15(16(17,18)19)23-13-5-3-2-4-6-13/h2-10,15H,1H3,(H,20,21)/t15-/m0/s1. The third kappa shape index (κ3) is 5.20. The van der Waals surface area contributed by atoms with Crippen LogP contribution < -0.4 is 14.8 Å². The van der Waals surface area contributed by atoms with E-state index in [0.717, 1.165) is 0 Å². The fraction of sp³-hybridized carbons (Fsp3) is 0.188. The highest BCUT2D eigenvalue weighted by molar-refractivity contribution is 6.68. The number of nitrogens with one attached hydrogen (secondary N) is 1. The highest BCUT2D eigenvalue weighted by Gasteiger charge is 2.36. The highest BCUT2D eigenvalue weighted by Crippen LogP contribution is 2.32. The summed E-state index contributed by atoms with van der Waals surface area (Å²) in [6.45, 7) is 0. The monoisotopic (exact) mass is 373 g/mol. The molecule has 0 radical (unpaired) electrons. The van der Waals surface area contributed by atoms with Gasteiger partial charge in [-0.05, 0) is 36.4 Å². The van der Waals surface area contributed by atoms with Gasteiger partial charge in [0, 0.05) is 5.56 Å². The van der Waals surface area contributed by atoms with Crippen molar-refractivity contribution in [1.29, 1.82) is 0 Å². The summed E-state index contributed by atoms with van der Waals surface area (Å²) in [5.41, 5.74) is 0.390. The lowest BCUT2D eigenvalue weighted by Crippen LogP contribution is -2.47. The lowest BCUT2D eigenvalue weighted by atomic mass is 10.2. The van der Waals surface area contributed by atoms with Crippen LogP contribution >= 0.6 is 34.8 Å². The first-order valence-electron chi connectivity index (χ1n) is 6.63. The van der Waals surface area contributed by atoms with Crippen LogP contribution in [0.1, 0.15) is 10.4 Å². The van der Waals surface area contributed by atoms with Crippen LogP contribution in [0.5, 0.6) is 11.5 Å². The van der Waals surface area contributed by atoms with Crippen molar-refractivity contribution in [3.05, 3.63) is 60.2 Å². The van der Waals surface area contributed by atoms with Crippen LogP contribution in [0.15, 0.2) is 54.6 Å². The molecule has 0 saturated carbocycles. The van der Waals surface area contributed by atoms with Gasteiger partial charge in [0.25, 0.3) is 5.91 Å². The van der Waals surface area contributed by atoms with E-state index in [-0.39, 0.29) is 0 Å². The molecule has 2 aromatic carbocycles. The average Bonchev–Trinajstić information content (AvgIpc) is 2.54. The molecule has 2 aromatic rings. The van der Waals surface area contributed by atoms with Gasteiger partial charge in [0.05, 0.1) is 7.11 Å². The molecule has 7 heteroatoms. The molecule has 2 rings (SSSR count). The number of benzene rings is 2. The van der Waals surface area contributed by atoms with E-state index in [1.165, 1.54) is 0 Å². The largest absolute Gasteiger partial charge is 0.497 e. The minimum atomic E-state index is -1.84. The van der Waals surface area contributed by atoms with E-state index in [1.54, 1.807) is 55.6 Å². The first-order valence-corrected chi connectivity index (χ1v) is 7.77. The maximum atomic E-state index is 12.3. The molecule has 0 aromatic heterocycles. The summed E-state index contributed by atoms with van der Waals surface area (Å²) in [5.74, 6) is 0.679. The molecule has 23 heavy (non-hydrogen) atoms. The Kier molecular flexibility index (Phi) is 5.99. The number of halogens is 3. The van der Waals surface area contributed by atoms with Gasteiger partial charge >= 0.3 is 0 Å². The van der Waals surface area contributed by atoms with E-state index in [4.69, 9.17) is 44.3 Å². The molecule has 0 unspecified atom stereocenters. The van der Waals surface area contributed by atoms with E-state index in [1.807, 2.05) is 6.07 Å². The predicted octanol–water partition coefficient (Wildman–Crippen LogP) is 4.20. The summed E-state index contributed by atoms with van der Waals surface area (Å²) >= 11 is 17.7. The summed E-state index contributed by atoms with van der Waals surface area (Å²) in [4.78, 5) is 12.3. The zero-order valence-corrected chi connectivity index (χ0v) is 14.4. The van der Waals surface area contributed by atoms with Crippen LogP contribution in [0.3, 0.4) is 0 Å². The molecule has 0 aliphatic heterocycles. The summed E-state index contributed by atoms with van der Waals surface area (Å²) in [6.07, 6.45) is -1.15. The average molecular weight is 375 g/mol. The summed E-state index contributed by atoms with van der Waals surface area (Å²) < 4.78 is 8.77. The molecule has 0 heterocycles. The number of para-hydroxylation sites is 1. The number of hydrogen-bond acceptors (Lipinski definition) is 3. The topological polar surface area (TPSA) is 47.6 Å². The van der Waals surface area contributed by atoms with E-state index in [9.17, 15) is 4.79 Å². The van der Waals surface area contributed by atoms with Crippen LogP contribution in [0, 0.1) is 0 Å². The minimum Gasteiger partial charge on any atom is -0.497 e. The zero-order valence-electron chi connectivity index (χ0n) is 12.1. The number of ether oxygens (including phenoxy) is 2. The second-order valence-electron chi connectivity index (χ2n) is 4.55. The summed E-state index contributed by atoms with van der Waals surface area (Å²) in [5, 5.41) is 2.56. The molecule has 0 spiro atoms. The Morgan fingerprint density at radius 2 is 1.61 bits per heavy atom. The van der Waals surface area contributed by atoms with Gasteiger partial charge in [0.2, 0.25) is 10.0 Å². The van der Waals surface area contributed by atoms with Gasteiger partial charge in [0.15, 0.2) is 0 Å². The number of rotatable bonds is 5. The molecule has 0 aliphatic rings. The maximum Gasteiger partial charge on any atom is 0.254 e. The lowest BCUT2D eigenvalue weighted by molar-refractivity contribution is 0.0833. The van der Waals surface area contributed by atoms with Crippen molar-refractivity contribution in [2.45, 2.75) is 10.0 Å². The smallest absolute Gasteiger partial charge is 0.254 e. The number of hydrogen-bond donors (Lipinski definition) is 1. The normalized spacial score (nSPS) is 12.3. The van der Waals surface area contributed by atoms with Crippen LogP contribution in [0.4, 0.5) is 0 Å². The van der Waals surface area contributed by atoms with Crippen LogP contribution in [-0.2, 0) is 0 Å². The van der Waals surface area contributed by atoms with Crippen molar-refractivity contribution in [2.24, 2.45) is 0 Å². The Labute approximate surface area is 149 Å². The molecule has 0 fully saturated rings. The molecule has 4 nitrogen and oxygen atoms in total. The molecular weight excluding hydrogens is 361 g/mol. The molecule has 0 bridgehead atoms. The molecular formula is C16H14Cl3NO3. The van der Waals surface area contributed by atoms with E-state index >= 15 is 0 Å². The Morgan fingerprint density at radius 3 is 2.13 bits per heavy atom. The van der Waals surface area contributed by atoms with Crippen LogP contribution in [0.25, 0.3) is 0 Å². The van der Waals surface area contributed by atoms with E-state index in [2.05, 4.69) is 5.32 Å². The maximum absolute atomic E-state index is 12.3. The van der Waals surface area contributed by atoms with Gasteiger partial charge in [-0.25, -0.2) is 0 Å². The lowest BCUT2D eigenvalue weighted by Gasteiger charge is -2.26. The first kappa shape index (κ1) is 17.7. The molecule has 0 saturated heterocycles. The van der Waals surface area contributed by atoms with Gasteiger partial charge < -0.3 is 14.8 Å². The quantitative estimate of drug-likeness (QED) is 0.630. The van der Waals surface area contributed by atoms with Crippen molar-refractivity contribution in [3.63, 3.8) is 0 Å². The second-order valence-corrected chi connectivity index (χ2v) is 6.92. The van der Waals surface area contributed by atoms with Gasteiger partial charge in [-0.2, -0.15) is 0 Å². The Morgan fingerprint density at radius 1 is 1.00 bits per heavy atom. The molecule has 1 atom stereocenters. The third-order valence-corrected chi connectivity index (χ3v) is 3.50. The number of carbonyl (C=O) groups excluding carboxylic acids is 1. The Bertz CT molecular complexity index is 642. The number of alkyl halides is 3. The van der Waals surface area contributed by atoms with Crippen molar-refractivity contribution in [3.8, 4) is 11.5 Å². The van der Waals surface area contributed by atoms with Crippen molar-refractivity contribution < 1.29 is 14.3 Å². The SMILES string of the molecule is COc1ccc(C(=O)N[C@@H](Oc2ccccc2)C(Cl)(Cl)Cl)cc1. The fourth-order valence-electron chi connectivity index (χ4n) is 1.76. The first-order chi connectivity index (χ1) is 10.9. The van der Waals surface area contributed by atoms with Gasteiger partial charge in [-0.1, -0.05) is 53.0 Å². The number of carbonyl (C=O) groups is 1. The predicted molar refractivity (Wildman–Crippen MR) is 91.6 cm³/mol. The van der Waals surface area contributed by atoms with Gasteiger partial charge in [0.1, 0.15) is 11.5 Å². The van der Waals surface area contributed by atoms with Crippen molar-refractivity contribution in [1.82, 2.24) is 5.32 Å². The summed E-state index contributed by atoms with van der Waals surface area (Å²) in [7, 11) is 1.54. The van der Waals surface area contributed by atoms with Crippen molar-refractivity contribution in [2.75, 3.05) is 7.11 Å². The Hall–Kier alpha value is -1.62. The van der Waals surface area contributed by atoms with E-state index < -0.39 is 15.9 Å². The number of methoxy groups -OCH3 is 1. The van der Waals surface area contributed by atoms with Gasteiger partial charge in [-0.3, -0.25) is 4.79 Å². The highest BCUT2D eigenvalue weighted by atomic mass is 35.6. The molecule has 1 amide bonds. The molecule has 0 aliphatic carbocycles. The van der Waals surface area contributed by atoms with Crippen molar-refractivity contribution >= 4 is 40.7 Å². The van der Waals surface area contributed by atoms with Crippen LogP contribution in [-0.4, -0.2) is 23.0 Å². The minimum absolute atomic E-state index is 0.390. The Balaban J connectivity index is 2.12. The van der Waals surface area contributed by atoms with E-state index in [0.29, 0.717) is 17.1 Å².